The third-order valence-corrected chi connectivity index (χ3v) is 6.49. The van der Waals surface area contributed by atoms with Crippen LogP contribution in [0.15, 0.2) is 35.7 Å². The maximum atomic E-state index is 13.2. The van der Waals surface area contributed by atoms with Crippen LogP contribution in [-0.4, -0.2) is 59.7 Å². The summed E-state index contributed by atoms with van der Waals surface area (Å²) in [6.45, 7) is 0.218. The van der Waals surface area contributed by atoms with Crippen molar-refractivity contribution in [3.8, 4) is 5.75 Å². The number of aliphatic carboxylic acids is 1. The van der Waals surface area contributed by atoms with E-state index in [4.69, 9.17) is 14.6 Å². The first-order valence-corrected chi connectivity index (χ1v) is 11.0. The summed E-state index contributed by atoms with van der Waals surface area (Å²) in [5, 5.41) is 13.8. The van der Waals surface area contributed by atoms with Gasteiger partial charge in [0.25, 0.3) is 5.91 Å². The Morgan fingerprint density at radius 1 is 1.29 bits per heavy atom. The van der Waals surface area contributed by atoms with Crippen molar-refractivity contribution in [2.24, 2.45) is 0 Å². The smallest absolute Gasteiger partial charge is 0.305 e. The predicted octanol–water partition coefficient (Wildman–Crippen LogP) is 2.78. The normalized spacial score (nSPS) is 23.1. The number of amides is 2. The minimum absolute atomic E-state index is 0.0635. The van der Waals surface area contributed by atoms with Crippen LogP contribution in [0.4, 0.5) is 5.69 Å². The van der Waals surface area contributed by atoms with Gasteiger partial charge in [0, 0.05) is 17.6 Å². The van der Waals surface area contributed by atoms with Crippen molar-refractivity contribution < 1.29 is 29.0 Å². The second-order valence-electron chi connectivity index (χ2n) is 7.78. The van der Waals surface area contributed by atoms with Crippen LogP contribution in [0.1, 0.15) is 34.5 Å². The second kappa shape index (κ2) is 9.07. The summed E-state index contributed by atoms with van der Waals surface area (Å²) in [5.41, 5.74) is 0.909. The quantitative estimate of drug-likeness (QED) is 0.735. The molecule has 9 heteroatoms. The number of carbonyl (C=O) groups is 3. The Morgan fingerprint density at radius 2 is 2.13 bits per heavy atom. The number of rotatable bonds is 5. The van der Waals surface area contributed by atoms with Crippen LogP contribution in [0.3, 0.4) is 0 Å². The summed E-state index contributed by atoms with van der Waals surface area (Å²) in [7, 11) is 1.72. The molecule has 2 amide bonds. The highest BCUT2D eigenvalue weighted by molar-refractivity contribution is 7.10. The number of anilines is 1. The molecule has 2 aromatic rings. The zero-order valence-electron chi connectivity index (χ0n) is 17.1. The number of likely N-dealkylation sites (N-methyl/N-ethyl adjacent to an activating group) is 1. The van der Waals surface area contributed by atoms with E-state index in [1.807, 2.05) is 17.5 Å². The van der Waals surface area contributed by atoms with Gasteiger partial charge >= 0.3 is 5.97 Å². The largest absolute Gasteiger partial charge is 0.490 e. The van der Waals surface area contributed by atoms with Crippen LogP contribution in [0.5, 0.6) is 5.75 Å². The van der Waals surface area contributed by atoms with Crippen molar-refractivity contribution in [3.63, 3.8) is 0 Å². The molecular formula is C22H24N2O6S. The fourth-order valence-electron chi connectivity index (χ4n) is 4.08. The fraction of sp³-hybridized carbons (Fsp3) is 0.409. The molecule has 164 valence electrons. The summed E-state index contributed by atoms with van der Waals surface area (Å²) < 4.78 is 11.8. The molecule has 0 aliphatic carbocycles. The van der Waals surface area contributed by atoms with Crippen molar-refractivity contribution in [2.75, 3.05) is 19.0 Å². The van der Waals surface area contributed by atoms with Crippen molar-refractivity contribution in [2.45, 2.75) is 43.9 Å². The van der Waals surface area contributed by atoms with Gasteiger partial charge in [-0.2, -0.15) is 0 Å². The minimum Gasteiger partial charge on any atom is -0.490 e. The lowest BCUT2D eigenvalue weighted by molar-refractivity contribution is -0.148. The first kappa shape index (κ1) is 21.3. The van der Waals surface area contributed by atoms with Crippen LogP contribution in [0, 0.1) is 0 Å². The van der Waals surface area contributed by atoms with E-state index in [9.17, 15) is 14.4 Å². The first-order valence-electron chi connectivity index (χ1n) is 10.1. The Kier molecular flexibility index (Phi) is 6.24. The van der Waals surface area contributed by atoms with Gasteiger partial charge in [0.05, 0.1) is 30.6 Å². The second-order valence-corrected chi connectivity index (χ2v) is 8.81. The third-order valence-electron chi connectivity index (χ3n) is 5.61. The molecule has 1 fully saturated rings. The lowest BCUT2D eigenvalue weighted by Gasteiger charge is -2.42. The SMILES string of the molecule is CN1C(=O)c2cc(NC(=O)Cc3cccs3)ccc2OC[C@H]2O[C@@H](CC(=O)O)CC[C@@H]21. The molecule has 0 saturated carbocycles. The van der Waals surface area contributed by atoms with Gasteiger partial charge in [-0.3, -0.25) is 14.4 Å². The number of nitrogens with zero attached hydrogens (tertiary/aromatic N) is 1. The number of benzene rings is 1. The van der Waals surface area contributed by atoms with Gasteiger partial charge in [-0.05, 0) is 42.5 Å². The summed E-state index contributed by atoms with van der Waals surface area (Å²) in [4.78, 5) is 39.1. The number of hydrogen-bond donors (Lipinski definition) is 2. The van der Waals surface area contributed by atoms with Gasteiger partial charge in [-0.1, -0.05) is 6.07 Å². The van der Waals surface area contributed by atoms with Crippen molar-refractivity contribution in [3.05, 3.63) is 46.2 Å². The Labute approximate surface area is 183 Å². The Bertz CT molecular complexity index is 976. The Hall–Kier alpha value is -2.91. The molecule has 0 radical (unpaired) electrons. The highest BCUT2D eigenvalue weighted by atomic mass is 32.1. The van der Waals surface area contributed by atoms with Gasteiger partial charge in [0.1, 0.15) is 18.5 Å². The summed E-state index contributed by atoms with van der Waals surface area (Å²) in [6, 6.07) is 8.60. The number of carboxylic acids is 1. The Balaban J connectivity index is 1.49. The maximum Gasteiger partial charge on any atom is 0.305 e. The summed E-state index contributed by atoms with van der Waals surface area (Å²) >= 11 is 1.52. The summed E-state index contributed by atoms with van der Waals surface area (Å²) in [5.74, 6) is -0.867. The highest BCUT2D eigenvalue weighted by Crippen LogP contribution is 2.32. The number of carbonyl (C=O) groups excluding carboxylic acids is 2. The van der Waals surface area contributed by atoms with Crippen molar-refractivity contribution in [1.29, 1.82) is 0 Å². The number of ether oxygens (including phenoxy) is 2. The van der Waals surface area contributed by atoms with E-state index in [-0.39, 0.29) is 43.4 Å². The number of hydrogen-bond acceptors (Lipinski definition) is 6. The lowest BCUT2D eigenvalue weighted by Crippen LogP contribution is -2.53. The molecule has 2 aliphatic rings. The number of thiophene rings is 1. The van der Waals surface area contributed by atoms with E-state index in [1.165, 1.54) is 11.3 Å². The number of fused-ring (bicyclic) bond motifs is 2. The topological polar surface area (TPSA) is 105 Å². The Morgan fingerprint density at radius 3 is 2.87 bits per heavy atom. The molecule has 8 nitrogen and oxygen atoms in total. The molecule has 0 spiro atoms. The van der Waals surface area contributed by atoms with Crippen LogP contribution in [0.2, 0.25) is 0 Å². The van der Waals surface area contributed by atoms with Crippen molar-refractivity contribution >= 4 is 34.8 Å². The summed E-state index contributed by atoms with van der Waals surface area (Å²) in [6.07, 6.45) is 0.636. The molecule has 4 rings (SSSR count). The molecule has 31 heavy (non-hydrogen) atoms. The van der Waals surface area contributed by atoms with Crippen LogP contribution < -0.4 is 10.1 Å². The molecule has 0 bridgehead atoms. The molecule has 1 saturated heterocycles. The molecule has 2 aliphatic heterocycles. The zero-order valence-corrected chi connectivity index (χ0v) is 17.9. The van der Waals surface area contributed by atoms with Crippen LogP contribution >= 0.6 is 11.3 Å². The van der Waals surface area contributed by atoms with Crippen LogP contribution in [0.25, 0.3) is 0 Å². The highest BCUT2D eigenvalue weighted by Gasteiger charge is 2.39. The number of carboxylic acid groups (broad SMARTS) is 1. The van der Waals surface area contributed by atoms with Gasteiger partial charge in [0.2, 0.25) is 5.91 Å². The average Bonchev–Trinajstić information content (AvgIpc) is 3.23. The van der Waals surface area contributed by atoms with E-state index >= 15 is 0 Å². The fourth-order valence-corrected chi connectivity index (χ4v) is 4.78. The number of nitrogens with one attached hydrogen (secondary N) is 1. The third kappa shape index (κ3) is 4.88. The lowest BCUT2D eigenvalue weighted by atomic mass is 9.94. The predicted molar refractivity (Wildman–Crippen MR) is 115 cm³/mol. The van der Waals surface area contributed by atoms with E-state index in [0.717, 1.165) is 4.88 Å². The van der Waals surface area contributed by atoms with Gasteiger partial charge in [-0.15, -0.1) is 11.3 Å². The molecule has 2 N–H and O–H groups in total. The van der Waals surface area contributed by atoms with Gasteiger partial charge < -0.3 is 24.8 Å². The zero-order chi connectivity index (χ0) is 22.0. The van der Waals surface area contributed by atoms with E-state index < -0.39 is 12.1 Å². The van der Waals surface area contributed by atoms with Gasteiger partial charge in [-0.25, -0.2) is 0 Å². The maximum absolute atomic E-state index is 13.2. The monoisotopic (exact) mass is 444 g/mol. The molecule has 3 atom stereocenters. The van der Waals surface area contributed by atoms with Crippen molar-refractivity contribution in [1.82, 2.24) is 4.90 Å². The minimum atomic E-state index is -0.904. The molecule has 3 heterocycles. The van der Waals surface area contributed by atoms with E-state index in [1.54, 1.807) is 30.1 Å². The molecule has 1 aromatic heterocycles. The molecule has 0 unspecified atom stereocenters. The van der Waals surface area contributed by atoms with Gasteiger partial charge in [0.15, 0.2) is 0 Å². The molecular weight excluding hydrogens is 420 g/mol. The van der Waals surface area contributed by atoms with E-state index in [0.29, 0.717) is 29.8 Å². The van der Waals surface area contributed by atoms with Crippen LogP contribution in [-0.2, 0) is 20.7 Å². The average molecular weight is 445 g/mol. The first-order chi connectivity index (χ1) is 14.9. The standard InChI is InChI=1S/C22H24N2O6S/c1-24-17-6-5-14(10-21(26)27)30-19(17)12-29-18-7-4-13(9-16(18)22(24)28)23-20(25)11-15-3-2-8-31-15/h2-4,7-9,14,17,19H,5-6,10-12H2,1H3,(H,23,25)(H,26,27)/t14-,17+,19-/m1/s1. The molecule has 1 aromatic carbocycles. The van der Waals surface area contributed by atoms with E-state index in [2.05, 4.69) is 5.32 Å².